The Balaban J connectivity index is 2.19. The summed E-state index contributed by atoms with van der Waals surface area (Å²) in [4.78, 5) is 3.67. The van der Waals surface area contributed by atoms with Gasteiger partial charge in [0.2, 0.25) is 0 Å². The second-order valence-electron chi connectivity index (χ2n) is 4.40. The number of rotatable bonds is 4. The summed E-state index contributed by atoms with van der Waals surface area (Å²) >= 11 is 0. The van der Waals surface area contributed by atoms with E-state index in [1.165, 1.54) is 7.05 Å². The molecule has 0 aromatic heterocycles. The van der Waals surface area contributed by atoms with Gasteiger partial charge in [-0.25, -0.2) is 0 Å². The van der Waals surface area contributed by atoms with Crippen molar-refractivity contribution in [1.29, 1.82) is 0 Å². The molecule has 20 heavy (non-hydrogen) atoms. The van der Waals surface area contributed by atoms with Crippen LogP contribution in [0.3, 0.4) is 0 Å². The minimum absolute atomic E-state index is 0.233. The topological polar surface area (TPSA) is 21.6 Å². The molecule has 2 nitrogen and oxygen atoms in total. The lowest BCUT2D eigenvalue weighted by molar-refractivity contribution is 0.101. The summed E-state index contributed by atoms with van der Waals surface area (Å²) in [5.41, 5.74) is 0.157. The number of ether oxygens (including phenoxy) is 1. The number of hydrogen-bond donors (Lipinski definition) is 0. The maximum Gasteiger partial charge on any atom is 0.287 e. The highest BCUT2D eigenvalue weighted by atomic mass is 19.3. The van der Waals surface area contributed by atoms with Crippen molar-refractivity contribution in [3.8, 4) is 11.5 Å². The van der Waals surface area contributed by atoms with Crippen molar-refractivity contribution in [3.05, 3.63) is 60.2 Å². The van der Waals surface area contributed by atoms with E-state index in [1.807, 2.05) is 30.3 Å². The summed E-state index contributed by atoms with van der Waals surface area (Å²) in [5, 5.41) is 0. The zero-order valence-corrected chi connectivity index (χ0v) is 11.3. The summed E-state index contributed by atoms with van der Waals surface area (Å²) < 4.78 is 32.3. The lowest BCUT2D eigenvalue weighted by atomic mass is 10.1. The highest BCUT2D eigenvalue weighted by molar-refractivity contribution is 6.05. The van der Waals surface area contributed by atoms with E-state index in [4.69, 9.17) is 4.74 Å². The van der Waals surface area contributed by atoms with Crippen LogP contribution in [-0.4, -0.2) is 18.7 Å². The normalized spacial score (nSPS) is 12.3. The maximum absolute atomic E-state index is 13.4. The Bertz CT molecular complexity index is 586. The zero-order chi connectivity index (χ0) is 14.6. The van der Waals surface area contributed by atoms with Crippen LogP contribution in [0, 0.1) is 0 Å². The molecule has 2 rings (SSSR count). The Morgan fingerprint density at radius 1 is 0.950 bits per heavy atom. The number of hydrogen-bond acceptors (Lipinski definition) is 2. The van der Waals surface area contributed by atoms with Gasteiger partial charge < -0.3 is 4.74 Å². The largest absolute Gasteiger partial charge is 0.457 e. The van der Waals surface area contributed by atoms with Crippen LogP contribution in [0.4, 0.5) is 8.78 Å². The molecule has 0 aliphatic rings. The summed E-state index contributed by atoms with van der Waals surface area (Å²) in [6, 6.07) is 15.7. The van der Waals surface area contributed by atoms with Gasteiger partial charge in [-0.15, -0.1) is 0 Å². The van der Waals surface area contributed by atoms with Gasteiger partial charge >= 0.3 is 0 Å². The average Bonchev–Trinajstić information content (AvgIpc) is 2.41. The fourth-order valence-electron chi connectivity index (χ4n) is 1.88. The van der Waals surface area contributed by atoms with Crippen molar-refractivity contribution in [2.24, 2.45) is 4.99 Å². The Morgan fingerprint density at radius 3 is 2.00 bits per heavy atom. The maximum atomic E-state index is 13.4. The van der Waals surface area contributed by atoms with Crippen LogP contribution >= 0.6 is 0 Å². The van der Waals surface area contributed by atoms with Gasteiger partial charge in [0.15, 0.2) is 0 Å². The highest BCUT2D eigenvalue weighted by Crippen LogP contribution is 2.24. The molecular weight excluding hydrogens is 260 g/mol. The molecule has 0 N–H and O–H groups in total. The standard InChI is InChI=1S/C16H15F2NO/c1-16(17,18)15(19-2)12-8-10-14(11-9-12)20-13-6-4-3-5-7-13/h3-11H,1-2H3/b19-15-. The van der Waals surface area contributed by atoms with Gasteiger partial charge in [-0.1, -0.05) is 18.2 Å². The first kappa shape index (κ1) is 14.2. The van der Waals surface area contributed by atoms with Crippen molar-refractivity contribution < 1.29 is 13.5 Å². The lowest BCUT2D eigenvalue weighted by Crippen LogP contribution is -2.25. The van der Waals surface area contributed by atoms with Gasteiger partial charge in [0.05, 0.1) is 0 Å². The van der Waals surface area contributed by atoms with E-state index in [9.17, 15) is 8.78 Å². The number of para-hydroxylation sites is 1. The van der Waals surface area contributed by atoms with Gasteiger partial charge in [0, 0.05) is 19.5 Å². The fourth-order valence-corrected chi connectivity index (χ4v) is 1.88. The van der Waals surface area contributed by atoms with Crippen LogP contribution in [0.15, 0.2) is 59.6 Å². The van der Waals surface area contributed by atoms with Crippen molar-refractivity contribution in [2.75, 3.05) is 7.05 Å². The number of nitrogens with zero attached hydrogens (tertiary/aromatic N) is 1. The van der Waals surface area contributed by atoms with E-state index in [-0.39, 0.29) is 5.71 Å². The first-order valence-corrected chi connectivity index (χ1v) is 6.19. The monoisotopic (exact) mass is 275 g/mol. The molecule has 0 amide bonds. The third-order valence-electron chi connectivity index (χ3n) is 2.75. The molecule has 0 atom stereocenters. The molecule has 0 radical (unpaired) electrons. The molecule has 0 unspecified atom stereocenters. The first-order chi connectivity index (χ1) is 9.50. The third-order valence-corrected chi connectivity index (χ3v) is 2.75. The minimum Gasteiger partial charge on any atom is -0.457 e. The van der Waals surface area contributed by atoms with E-state index in [2.05, 4.69) is 4.99 Å². The number of halogens is 2. The number of alkyl halides is 2. The van der Waals surface area contributed by atoms with E-state index in [0.717, 1.165) is 6.92 Å². The van der Waals surface area contributed by atoms with Crippen LogP contribution in [0.5, 0.6) is 11.5 Å². The molecule has 104 valence electrons. The molecule has 2 aromatic carbocycles. The predicted octanol–water partition coefficient (Wildman–Crippen LogP) is 4.55. The summed E-state index contributed by atoms with van der Waals surface area (Å²) in [6.45, 7) is 0.837. The SMILES string of the molecule is C/N=C(/c1ccc(Oc2ccccc2)cc1)C(C)(F)F. The molecule has 0 aliphatic carbocycles. The average molecular weight is 275 g/mol. The summed E-state index contributed by atoms with van der Waals surface area (Å²) in [6.07, 6.45) is 0. The van der Waals surface area contributed by atoms with E-state index < -0.39 is 5.92 Å². The summed E-state index contributed by atoms with van der Waals surface area (Å²) in [5.74, 6) is -1.67. The van der Waals surface area contributed by atoms with Crippen molar-refractivity contribution in [3.63, 3.8) is 0 Å². The fraction of sp³-hybridized carbons (Fsp3) is 0.188. The van der Waals surface area contributed by atoms with Gasteiger partial charge in [-0.2, -0.15) is 8.78 Å². The van der Waals surface area contributed by atoms with Gasteiger partial charge in [0.25, 0.3) is 5.92 Å². The molecule has 0 bridgehead atoms. The molecule has 0 saturated carbocycles. The quantitative estimate of drug-likeness (QED) is 0.750. The minimum atomic E-state index is -2.96. The Hall–Kier alpha value is -2.23. The molecule has 0 aliphatic heterocycles. The van der Waals surface area contributed by atoms with Crippen molar-refractivity contribution in [2.45, 2.75) is 12.8 Å². The second-order valence-corrected chi connectivity index (χ2v) is 4.40. The third kappa shape index (κ3) is 3.41. The zero-order valence-electron chi connectivity index (χ0n) is 11.3. The number of aliphatic imine (C=N–C) groups is 1. The van der Waals surface area contributed by atoms with E-state index in [0.29, 0.717) is 17.1 Å². The molecule has 4 heteroatoms. The molecular formula is C16H15F2NO. The van der Waals surface area contributed by atoms with Crippen molar-refractivity contribution in [1.82, 2.24) is 0 Å². The predicted molar refractivity (Wildman–Crippen MR) is 76.0 cm³/mol. The molecule has 0 spiro atoms. The van der Waals surface area contributed by atoms with Crippen LogP contribution in [-0.2, 0) is 0 Å². The van der Waals surface area contributed by atoms with Gasteiger partial charge in [-0.05, 0) is 36.4 Å². The van der Waals surface area contributed by atoms with E-state index in [1.54, 1.807) is 24.3 Å². The first-order valence-electron chi connectivity index (χ1n) is 6.19. The van der Waals surface area contributed by atoms with Crippen LogP contribution in [0.2, 0.25) is 0 Å². The Kier molecular flexibility index (Phi) is 4.13. The Morgan fingerprint density at radius 2 is 1.50 bits per heavy atom. The molecule has 2 aromatic rings. The smallest absolute Gasteiger partial charge is 0.287 e. The van der Waals surface area contributed by atoms with E-state index >= 15 is 0 Å². The molecule has 0 saturated heterocycles. The summed E-state index contributed by atoms with van der Waals surface area (Å²) in [7, 11) is 1.36. The Labute approximate surface area is 116 Å². The molecule has 0 fully saturated rings. The van der Waals surface area contributed by atoms with Crippen LogP contribution in [0.25, 0.3) is 0 Å². The number of benzene rings is 2. The van der Waals surface area contributed by atoms with Crippen LogP contribution in [0.1, 0.15) is 12.5 Å². The van der Waals surface area contributed by atoms with Gasteiger partial charge in [0.1, 0.15) is 17.2 Å². The van der Waals surface area contributed by atoms with Crippen molar-refractivity contribution >= 4 is 5.71 Å². The van der Waals surface area contributed by atoms with Gasteiger partial charge in [-0.3, -0.25) is 4.99 Å². The van der Waals surface area contributed by atoms with Crippen LogP contribution < -0.4 is 4.74 Å². The molecule has 0 heterocycles. The lowest BCUT2D eigenvalue weighted by Gasteiger charge is -2.14. The highest BCUT2D eigenvalue weighted by Gasteiger charge is 2.30. The second kappa shape index (κ2) is 5.82.